The van der Waals surface area contributed by atoms with E-state index in [-0.39, 0.29) is 36.0 Å². The van der Waals surface area contributed by atoms with Gasteiger partial charge in [0.15, 0.2) is 0 Å². The van der Waals surface area contributed by atoms with Gasteiger partial charge in [-0.15, -0.1) is 0 Å². The van der Waals surface area contributed by atoms with Gasteiger partial charge in [-0.1, -0.05) is 50.2 Å². The summed E-state index contributed by atoms with van der Waals surface area (Å²) in [5.41, 5.74) is 0.960. The molecule has 0 radical (unpaired) electrons. The molecule has 0 saturated heterocycles. The monoisotopic (exact) mass is 510 g/mol. The van der Waals surface area contributed by atoms with Crippen LogP contribution in [0.2, 0.25) is 0 Å². The van der Waals surface area contributed by atoms with Gasteiger partial charge < -0.3 is 9.47 Å². The van der Waals surface area contributed by atoms with E-state index in [9.17, 15) is 9.59 Å². The van der Waals surface area contributed by atoms with E-state index in [1.54, 1.807) is 0 Å². The average Bonchev–Trinajstić information content (AvgIpc) is 2.83. The Labute approximate surface area is 203 Å². The summed E-state index contributed by atoms with van der Waals surface area (Å²) < 4.78 is 12.5. The predicted octanol–water partition coefficient (Wildman–Crippen LogP) is 7.51. The Morgan fingerprint density at radius 1 is 0.970 bits per heavy atom. The van der Waals surface area contributed by atoms with Crippen LogP contribution in [0.5, 0.6) is 0 Å². The van der Waals surface area contributed by atoms with Gasteiger partial charge in [0, 0.05) is 10.0 Å². The van der Waals surface area contributed by atoms with Crippen LogP contribution in [0.1, 0.15) is 64.5 Å². The Balaban J connectivity index is 1.40. The topological polar surface area (TPSA) is 52.6 Å². The maximum atomic E-state index is 12.9. The SMILES string of the molecule is CCC(C)C(=O)OC1CCC(C(=O)OC(C)c2ccc3cc4ccccc4cc3c2Br)CC1. The molecule has 0 aromatic heterocycles. The highest BCUT2D eigenvalue weighted by Crippen LogP contribution is 2.36. The Kier molecular flexibility index (Phi) is 7.38. The zero-order valence-corrected chi connectivity index (χ0v) is 21.1. The largest absolute Gasteiger partial charge is 0.462 e. The van der Waals surface area contributed by atoms with Crippen LogP contribution in [0, 0.1) is 11.8 Å². The van der Waals surface area contributed by atoms with E-state index in [1.807, 2.05) is 39.0 Å². The van der Waals surface area contributed by atoms with Gasteiger partial charge >= 0.3 is 11.9 Å². The first-order valence-electron chi connectivity index (χ1n) is 11.9. The van der Waals surface area contributed by atoms with Crippen molar-refractivity contribution < 1.29 is 19.1 Å². The molecule has 1 aliphatic rings. The third-order valence-corrected chi connectivity index (χ3v) is 7.77. The Morgan fingerprint density at radius 3 is 2.30 bits per heavy atom. The molecular formula is C28H31BrO4. The molecule has 1 saturated carbocycles. The number of esters is 2. The number of ether oxygens (including phenoxy) is 2. The molecule has 0 bridgehead atoms. The molecule has 0 amide bonds. The van der Waals surface area contributed by atoms with Crippen LogP contribution in [-0.2, 0) is 19.1 Å². The van der Waals surface area contributed by atoms with E-state index in [2.05, 4.69) is 46.3 Å². The highest BCUT2D eigenvalue weighted by molar-refractivity contribution is 9.10. The molecular weight excluding hydrogens is 480 g/mol. The van der Waals surface area contributed by atoms with Crippen LogP contribution in [0.25, 0.3) is 21.5 Å². The summed E-state index contributed by atoms with van der Waals surface area (Å²) in [6.07, 6.45) is 3.13. The summed E-state index contributed by atoms with van der Waals surface area (Å²) in [6, 6.07) is 16.8. The van der Waals surface area contributed by atoms with E-state index < -0.39 is 0 Å². The highest BCUT2D eigenvalue weighted by Gasteiger charge is 2.31. The van der Waals surface area contributed by atoms with Crippen LogP contribution in [0.3, 0.4) is 0 Å². The molecule has 0 N–H and O–H groups in total. The zero-order valence-electron chi connectivity index (χ0n) is 19.5. The van der Waals surface area contributed by atoms with Crippen molar-refractivity contribution in [2.45, 2.75) is 65.1 Å². The second kappa shape index (κ2) is 10.3. The Hall–Kier alpha value is -2.40. The van der Waals surface area contributed by atoms with Crippen LogP contribution in [-0.4, -0.2) is 18.0 Å². The van der Waals surface area contributed by atoms with Crippen molar-refractivity contribution in [2.24, 2.45) is 11.8 Å². The van der Waals surface area contributed by atoms with Gasteiger partial charge in [-0.25, -0.2) is 0 Å². The van der Waals surface area contributed by atoms with Crippen molar-refractivity contribution in [3.8, 4) is 0 Å². The summed E-state index contributed by atoms with van der Waals surface area (Å²) in [7, 11) is 0. The lowest BCUT2D eigenvalue weighted by molar-refractivity contribution is -0.159. The lowest BCUT2D eigenvalue weighted by Crippen LogP contribution is -2.30. The summed E-state index contributed by atoms with van der Waals surface area (Å²) in [6.45, 7) is 5.79. The van der Waals surface area contributed by atoms with Crippen LogP contribution >= 0.6 is 15.9 Å². The normalized spacial score (nSPS) is 20.4. The van der Waals surface area contributed by atoms with Gasteiger partial charge in [0.1, 0.15) is 12.2 Å². The fourth-order valence-corrected chi connectivity index (χ4v) is 5.30. The van der Waals surface area contributed by atoms with Crippen LogP contribution in [0.15, 0.2) is 53.0 Å². The number of carbonyl (C=O) groups is 2. The van der Waals surface area contributed by atoms with Crippen LogP contribution < -0.4 is 0 Å². The van der Waals surface area contributed by atoms with Crippen molar-refractivity contribution in [1.82, 2.24) is 0 Å². The fraction of sp³-hybridized carbons (Fsp3) is 0.429. The molecule has 3 aromatic rings. The van der Waals surface area contributed by atoms with Crippen LogP contribution in [0.4, 0.5) is 0 Å². The maximum Gasteiger partial charge on any atom is 0.309 e. The minimum Gasteiger partial charge on any atom is -0.462 e. The number of rotatable bonds is 6. The van der Waals surface area contributed by atoms with Gasteiger partial charge in [-0.05, 0) is 88.6 Å². The van der Waals surface area contributed by atoms with Gasteiger partial charge in [-0.2, -0.15) is 0 Å². The van der Waals surface area contributed by atoms with E-state index in [4.69, 9.17) is 9.47 Å². The van der Waals surface area contributed by atoms with E-state index in [0.717, 1.165) is 27.2 Å². The first-order valence-corrected chi connectivity index (χ1v) is 12.7. The molecule has 5 heteroatoms. The predicted molar refractivity (Wildman–Crippen MR) is 135 cm³/mol. The van der Waals surface area contributed by atoms with E-state index in [0.29, 0.717) is 25.7 Å². The average molecular weight is 511 g/mol. The highest BCUT2D eigenvalue weighted by atomic mass is 79.9. The number of carbonyl (C=O) groups excluding carboxylic acids is 2. The lowest BCUT2D eigenvalue weighted by atomic mass is 9.87. The molecule has 2 atom stereocenters. The minimum absolute atomic E-state index is 0.0769. The smallest absolute Gasteiger partial charge is 0.309 e. The van der Waals surface area contributed by atoms with Crippen molar-refractivity contribution in [3.63, 3.8) is 0 Å². The molecule has 174 valence electrons. The molecule has 0 heterocycles. The first-order chi connectivity index (χ1) is 15.9. The van der Waals surface area contributed by atoms with E-state index in [1.165, 1.54) is 10.8 Å². The first kappa shape index (κ1) is 23.7. The van der Waals surface area contributed by atoms with Gasteiger partial charge in [0.05, 0.1) is 11.8 Å². The molecule has 1 fully saturated rings. The molecule has 0 spiro atoms. The van der Waals surface area contributed by atoms with Crippen molar-refractivity contribution in [3.05, 3.63) is 58.6 Å². The number of halogens is 1. The second-order valence-corrected chi connectivity index (χ2v) is 9.98. The molecule has 2 unspecified atom stereocenters. The number of fused-ring (bicyclic) bond motifs is 2. The molecule has 3 aromatic carbocycles. The second-order valence-electron chi connectivity index (χ2n) is 9.19. The third-order valence-electron chi connectivity index (χ3n) is 6.89. The van der Waals surface area contributed by atoms with Gasteiger partial charge in [-0.3, -0.25) is 9.59 Å². The fourth-order valence-electron chi connectivity index (χ4n) is 4.51. The summed E-state index contributed by atoms with van der Waals surface area (Å²) in [5.74, 6) is -0.521. The Morgan fingerprint density at radius 2 is 1.64 bits per heavy atom. The van der Waals surface area contributed by atoms with Crippen molar-refractivity contribution in [2.75, 3.05) is 0 Å². The molecule has 0 aliphatic heterocycles. The standard InChI is InChI=1S/C28H31BrO4/c1-4-17(2)27(30)33-23-12-9-19(10-13-23)28(31)32-18(3)24-14-11-22-15-20-7-5-6-8-21(20)16-25(22)26(24)29/h5-8,11,14-19,23H,4,9-10,12-13H2,1-3H3. The van der Waals surface area contributed by atoms with Gasteiger partial charge in [0.2, 0.25) is 0 Å². The molecule has 4 nitrogen and oxygen atoms in total. The van der Waals surface area contributed by atoms with Gasteiger partial charge in [0.25, 0.3) is 0 Å². The lowest BCUT2D eigenvalue weighted by Gasteiger charge is -2.28. The minimum atomic E-state index is -0.358. The Bertz CT molecular complexity index is 1160. The summed E-state index contributed by atoms with van der Waals surface area (Å²) in [4.78, 5) is 24.9. The van der Waals surface area contributed by atoms with Crippen molar-refractivity contribution in [1.29, 1.82) is 0 Å². The number of benzene rings is 3. The third kappa shape index (κ3) is 5.24. The maximum absolute atomic E-state index is 12.9. The number of hydrogen-bond acceptors (Lipinski definition) is 4. The van der Waals surface area contributed by atoms with E-state index >= 15 is 0 Å². The molecule has 4 rings (SSSR count). The number of hydrogen-bond donors (Lipinski definition) is 0. The molecule has 33 heavy (non-hydrogen) atoms. The zero-order chi connectivity index (χ0) is 23.5. The quantitative estimate of drug-likeness (QED) is 0.254. The summed E-state index contributed by atoms with van der Waals surface area (Å²) >= 11 is 3.76. The summed E-state index contributed by atoms with van der Waals surface area (Å²) in [5, 5.41) is 4.64. The molecule has 1 aliphatic carbocycles. The van der Waals surface area contributed by atoms with Crippen molar-refractivity contribution >= 4 is 49.4 Å².